The van der Waals surface area contributed by atoms with Crippen LogP contribution < -0.4 is 0 Å². The van der Waals surface area contributed by atoms with Crippen molar-refractivity contribution in [3.05, 3.63) is 51.1 Å². The van der Waals surface area contributed by atoms with Gasteiger partial charge in [-0.3, -0.25) is 4.79 Å². The summed E-state index contributed by atoms with van der Waals surface area (Å²) >= 11 is 9.07. The summed E-state index contributed by atoms with van der Waals surface area (Å²) in [4.78, 5) is 24.0. The molecule has 0 aliphatic carbocycles. The number of rotatable bonds is 4. The monoisotopic (exact) mass is 376 g/mol. The standard InChI is InChI=1S/C18H17ClN2OS2/c1-9-10(2)23-17-15(9)18(21-12(4)20-17)24-11(3)16(22)13-5-7-14(19)8-6-13/h5-8,11H,1-4H3/t11-/m0/s1. The molecule has 0 aliphatic rings. The molecule has 0 radical (unpaired) electrons. The van der Waals surface area contributed by atoms with Gasteiger partial charge in [0.2, 0.25) is 0 Å². The number of Topliss-reactive ketones (excluding diaryl/α,β-unsaturated/α-hetero) is 1. The van der Waals surface area contributed by atoms with Gasteiger partial charge in [0.15, 0.2) is 5.78 Å². The molecule has 0 N–H and O–H groups in total. The maximum atomic E-state index is 12.7. The first kappa shape index (κ1) is 17.4. The van der Waals surface area contributed by atoms with Crippen molar-refractivity contribution in [3.63, 3.8) is 0 Å². The number of carbonyl (C=O) groups is 1. The van der Waals surface area contributed by atoms with Crippen LogP contribution in [0.5, 0.6) is 0 Å². The molecule has 0 spiro atoms. The fourth-order valence-electron chi connectivity index (χ4n) is 2.47. The zero-order valence-corrected chi connectivity index (χ0v) is 16.3. The van der Waals surface area contributed by atoms with Crippen molar-refractivity contribution >= 4 is 50.7 Å². The van der Waals surface area contributed by atoms with E-state index in [1.54, 1.807) is 35.6 Å². The molecular weight excluding hydrogens is 360 g/mol. The smallest absolute Gasteiger partial charge is 0.175 e. The van der Waals surface area contributed by atoms with E-state index in [0.29, 0.717) is 10.6 Å². The molecule has 1 aromatic carbocycles. The third kappa shape index (κ3) is 3.34. The summed E-state index contributed by atoms with van der Waals surface area (Å²) in [7, 11) is 0. The Kier molecular flexibility index (Phi) is 4.95. The number of hydrogen-bond acceptors (Lipinski definition) is 5. The van der Waals surface area contributed by atoms with Crippen LogP contribution in [0.4, 0.5) is 0 Å². The van der Waals surface area contributed by atoms with E-state index in [0.717, 1.165) is 21.1 Å². The first-order valence-electron chi connectivity index (χ1n) is 7.57. The van der Waals surface area contributed by atoms with Gasteiger partial charge >= 0.3 is 0 Å². The first-order chi connectivity index (χ1) is 11.4. The molecule has 3 aromatic rings. The van der Waals surface area contributed by atoms with Gasteiger partial charge in [0, 0.05) is 20.8 Å². The summed E-state index contributed by atoms with van der Waals surface area (Å²) in [6.07, 6.45) is 0. The topological polar surface area (TPSA) is 42.9 Å². The SMILES string of the molecule is Cc1nc(S[C@@H](C)C(=O)c2ccc(Cl)cc2)c2c(C)c(C)sc2n1. The van der Waals surface area contributed by atoms with Gasteiger partial charge in [-0.2, -0.15) is 0 Å². The van der Waals surface area contributed by atoms with Crippen LogP contribution in [0.1, 0.15) is 33.5 Å². The fourth-order valence-corrected chi connectivity index (χ4v) is 4.87. The Morgan fingerprint density at radius 3 is 2.50 bits per heavy atom. The van der Waals surface area contributed by atoms with Gasteiger partial charge in [0.1, 0.15) is 15.7 Å². The highest BCUT2D eigenvalue weighted by molar-refractivity contribution is 8.00. The minimum atomic E-state index is -0.233. The third-order valence-electron chi connectivity index (χ3n) is 3.89. The summed E-state index contributed by atoms with van der Waals surface area (Å²) in [5.41, 5.74) is 1.86. The predicted molar refractivity (Wildman–Crippen MR) is 103 cm³/mol. The average molecular weight is 377 g/mol. The van der Waals surface area contributed by atoms with E-state index in [4.69, 9.17) is 11.6 Å². The minimum Gasteiger partial charge on any atom is -0.293 e. The highest BCUT2D eigenvalue weighted by atomic mass is 35.5. The van der Waals surface area contributed by atoms with E-state index >= 15 is 0 Å². The zero-order valence-electron chi connectivity index (χ0n) is 13.9. The van der Waals surface area contributed by atoms with Gasteiger partial charge in [-0.15, -0.1) is 11.3 Å². The lowest BCUT2D eigenvalue weighted by Crippen LogP contribution is -2.13. The second kappa shape index (κ2) is 6.82. The van der Waals surface area contributed by atoms with Crippen LogP contribution in [0.15, 0.2) is 29.3 Å². The normalized spacial score (nSPS) is 12.5. The lowest BCUT2D eigenvalue weighted by molar-refractivity contribution is 0.0994. The van der Waals surface area contributed by atoms with Gasteiger partial charge in [-0.05, 0) is 57.5 Å². The Balaban J connectivity index is 1.94. The molecule has 3 rings (SSSR count). The summed E-state index contributed by atoms with van der Waals surface area (Å²) < 4.78 is 0. The molecule has 2 heterocycles. The van der Waals surface area contributed by atoms with Crippen LogP contribution in [0, 0.1) is 20.8 Å². The molecule has 0 saturated heterocycles. The minimum absolute atomic E-state index is 0.0747. The molecule has 0 amide bonds. The molecule has 0 saturated carbocycles. The zero-order chi connectivity index (χ0) is 17.4. The quantitative estimate of drug-likeness (QED) is 0.336. The number of nitrogens with zero attached hydrogens (tertiary/aromatic N) is 2. The summed E-state index contributed by atoms with van der Waals surface area (Å²) in [6.45, 7) is 7.98. The number of ketones is 1. The summed E-state index contributed by atoms with van der Waals surface area (Å²) in [5, 5.41) is 2.35. The van der Waals surface area contributed by atoms with Crippen molar-refractivity contribution in [3.8, 4) is 0 Å². The number of benzene rings is 1. The van der Waals surface area contributed by atoms with Gasteiger partial charge in [-0.25, -0.2) is 9.97 Å². The fraction of sp³-hybridized carbons (Fsp3) is 0.278. The van der Waals surface area contributed by atoms with Crippen LogP contribution in [0.25, 0.3) is 10.2 Å². The maximum Gasteiger partial charge on any atom is 0.175 e. The Labute approximate surface area is 154 Å². The number of carbonyl (C=O) groups excluding carboxylic acids is 1. The number of aromatic nitrogens is 2. The summed E-state index contributed by atoms with van der Waals surface area (Å²) in [6, 6.07) is 7.02. The van der Waals surface area contributed by atoms with E-state index in [2.05, 4.69) is 23.8 Å². The van der Waals surface area contributed by atoms with E-state index in [9.17, 15) is 4.79 Å². The van der Waals surface area contributed by atoms with Crippen LogP contribution in [0.3, 0.4) is 0 Å². The van der Waals surface area contributed by atoms with Crippen molar-refractivity contribution < 1.29 is 4.79 Å². The third-order valence-corrected chi connectivity index (χ3v) is 6.33. The molecule has 6 heteroatoms. The lowest BCUT2D eigenvalue weighted by Gasteiger charge is -2.11. The molecule has 0 unspecified atom stereocenters. The molecular formula is C18H17ClN2OS2. The molecule has 2 aromatic heterocycles. The second-order valence-corrected chi connectivity index (χ2v) is 8.64. The Morgan fingerprint density at radius 2 is 1.83 bits per heavy atom. The number of hydrogen-bond donors (Lipinski definition) is 0. The number of thioether (sulfide) groups is 1. The Hall–Kier alpha value is -1.43. The molecule has 24 heavy (non-hydrogen) atoms. The number of halogens is 1. The molecule has 1 atom stereocenters. The number of fused-ring (bicyclic) bond motifs is 1. The molecule has 0 bridgehead atoms. The molecule has 124 valence electrons. The Bertz CT molecular complexity index is 919. The first-order valence-corrected chi connectivity index (χ1v) is 9.65. The molecule has 0 fully saturated rings. The largest absolute Gasteiger partial charge is 0.293 e. The van der Waals surface area contributed by atoms with Gasteiger partial charge in [0.25, 0.3) is 0 Å². The maximum absolute atomic E-state index is 12.7. The summed E-state index contributed by atoms with van der Waals surface area (Å²) in [5.74, 6) is 0.808. The van der Waals surface area contributed by atoms with Crippen molar-refractivity contribution in [2.45, 2.75) is 38.0 Å². The Morgan fingerprint density at radius 1 is 1.17 bits per heavy atom. The van der Waals surface area contributed by atoms with E-state index < -0.39 is 0 Å². The average Bonchev–Trinajstić information content (AvgIpc) is 2.81. The highest BCUT2D eigenvalue weighted by Crippen LogP contribution is 2.37. The number of thiophene rings is 1. The van der Waals surface area contributed by atoms with E-state index in [1.807, 2.05) is 13.8 Å². The van der Waals surface area contributed by atoms with Crippen molar-refractivity contribution in [2.24, 2.45) is 0 Å². The van der Waals surface area contributed by atoms with Gasteiger partial charge < -0.3 is 0 Å². The van der Waals surface area contributed by atoms with Crippen LogP contribution in [0.2, 0.25) is 5.02 Å². The van der Waals surface area contributed by atoms with Crippen LogP contribution in [-0.4, -0.2) is 21.0 Å². The molecule has 3 nitrogen and oxygen atoms in total. The highest BCUT2D eigenvalue weighted by Gasteiger charge is 2.21. The van der Waals surface area contributed by atoms with E-state index in [1.165, 1.54) is 22.2 Å². The van der Waals surface area contributed by atoms with Crippen LogP contribution in [-0.2, 0) is 0 Å². The predicted octanol–water partition coefficient (Wildman–Crippen LogP) is 5.63. The van der Waals surface area contributed by atoms with Gasteiger partial charge in [-0.1, -0.05) is 23.4 Å². The lowest BCUT2D eigenvalue weighted by atomic mass is 10.1. The molecule has 0 aliphatic heterocycles. The van der Waals surface area contributed by atoms with Crippen molar-refractivity contribution in [1.29, 1.82) is 0 Å². The van der Waals surface area contributed by atoms with E-state index in [-0.39, 0.29) is 11.0 Å². The van der Waals surface area contributed by atoms with Crippen molar-refractivity contribution in [1.82, 2.24) is 9.97 Å². The van der Waals surface area contributed by atoms with Crippen molar-refractivity contribution in [2.75, 3.05) is 0 Å². The van der Waals surface area contributed by atoms with Gasteiger partial charge in [0.05, 0.1) is 5.25 Å². The van der Waals surface area contributed by atoms with Crippen LogP contribution >= 0.6 is 34.7 Å². The number of aryl methyl sites for hydroxylation is 3. The second-order valence-electron chi connectivity index (χ2n) is 5.67.